The number of fused-ring (bicyclic) bond motifs is 1. The Balaban J connectivity index is 1.32. The molecule has 3 aliphatic rings. The maximum Gasteiger partial charge on any atom is 0.255 e. The van der Waals surface area contributed by atoms with Crippen molar-refractivity contribution in [2.75, 3.05) is 31.8 Å². The van der Waals surface area contributed by atoms with Gasteiger partial charge in [0, 0.05) is 43.1 Å². The summed E-state index contributed by atoms with van der Waals surface area (Å²) < 4.78 is 11.1. The number of aromatic nitrogens is 1. The molecule has 0 spiro atoms. The lowest BCUT2D eigenvalue weighted by atomic mass is 10.0. The number of anilines is 2. The van der Waals surface area contributed by atoms with Crippen LogP contribution in [0, 0.1) is 0 Å². The van der Waals surface area contributed by atoms with E-state index in [0.29, 0.717) is 36.0 Å². The van der Waals surface area contributed by atoms with Crippen LogP contribution in [0.3, 0.4) is 0 Å². The normalized spacial score (nSPS) is 19.0. The molecule has 0 saturated carbocycles. The third kappa shape index (κ3) is 4.41. The van der Waals surface area contributed by atoms with Crippen molar-refractivity contribution < 1.29 is 19.1 Å². The first-order valence-electron chi connectivity index (χ1n) is 11.6. The van der Waals surface area contributed by atoms with E-state index in [4.69, 9.17) is 9.47 Å². The Labute approximate surface area is 198 Å². The molecule has 1 aromatic carbocycles. The summed E-state index contributed by atoms with van der Waals surface area (Å²) in [7, 11) is 1.66. The number of hydrogen-bond acceptors (Lipinski definition) is 7. The van der Waals surface area contributed by atoms with Crippen molar-refractivity contribution in [2.24, 2.45) is 0 Å². The van der Waals surface area contributed by atoms with Gasteiger partial charge in [-0.1, -0.05) is 6.08 Å². The fraction of sp³-hybridized carbons (Fsp3) is 0.346. The van der Waals surface area contributed by atoms with Gasteiger partial charge >= 0.3 is 0 Å². The molecule has 1 unspecified atom stereocenters. The van der Waals surface area contributed by atoms with Crippen molar-refractivity contribution in [2.45, 2.75) is 31.8 Å². The first-order valence-corrected chi connectivity index (χ1v) is 11.6. The summed E-state index contributed by atoms with van der Waals surface area (Å²) in [6.07, 6.45) is 11.5. The lowest BCUT2D eigenvalue weighted by Gasteiger charge is -2.20. The van der Waals surface area contributed by atoms with Crippen LogP contribution in [-0.4, -0.2) is 55.0 Å². The number of allylic oxidation sites excluding steroid dienone is 1. The standard InChI is InChI=1S/C26H28N4O4/c1-33-23-8-5-21(6-9-23)27-14-19-12-22(7-4-18(19)16-31)30-17-34-24-13-20(15-28-25(24)30)26(32)29-10-2-3-11-29/h4-5,7-9,12-13,15-16,21,27H,2-3,6,10-11,14,17H2,1H3. The molecule has 2 aliphatic heterocycles. The number of amides is 1. The van der Waals surface area contributed by atoms with Crippen LogP contribution in [0.4, 0.5) is 11.5 Å². The molecule has 1 aliphatic carbocycles. The van der Waals surface area contributed by atoms with Gasteiger partial charge < -0.3 is 19.7 Å². The van der Waals surface area contributed by atoms with Crippen LogP contribution in [0.2, 0.25) is 0 Å². The van der Waals surface area contributed by atoms with Crippen molar-refractivity contribution in [3.63, 3.8) is 0 Å². The average Bonchev–Trinajstić information content (AvgIpc) is 3.57. The van der Waals surface area contributed by atoms with E-state index < -0.39 is 0 Å². The van der Waals surface area contributed by atoms with Gasteiger partial charge in [0.2, 0.25) is 0 Å². The molecule has 1 aromatic heterocycles. The van der Waals surface area contributed by atoms with E-state index in [1.807, 2.05) is 40.2 Å². The molecule has 34 heavy (non-hydrogen) atoms. The lowest BCUT2D eigenvalue weighted by Crippen LogP contribution is -2.28. The highest BCUT2D eigenvalue weighted by Crippen LogP contribution is 2.38. The highest BCUT2D eigenvalue weighted by atomic mass is 16.5. The Bertz CT molecular complexity index is 1150. The second kappa shape index (κ2) is 9.69. The molecule has 1 atom stereocenters. The summed E-state index contributed by atoms with van der Waals surface area (Å²) in [5.41, 5.74) is 2.98. The topological polar surface area (TPSA) is 84.0 Å². The molecular formula is C26H28N4O4. The number of carbonyl (C=O) groups is 2. The van der Waals surface area contributed by atoms with Gasteiger partial charge in [-0.15, -0.1) is 0 Å². The lowest BCUT2D eigenvalue weighted by molar-refractivity contribution is 0.0792. The van der Waals surface area contributed by atoms with E-state index in [2.05, 4.69) is 16.4 Å². The smallest absolute Gasteiger partial charge is 0.255 e. The largest absolute Gasteiger partial charge is 0.497 e. The Morgan fingerprint density at radius 2 is 2.15 bits per heavy atom. The predicted molar refractivity (Wildman–Crippen MR) is 128 cm³/mol. The Morgan fingerprint density at radius 3 is 2.88 bits per heavy atom. The van der Waals surface area contributed by atoms with E-state index in [0.717, 1.165) is 55.6 Å². The number of nitrogens with zero attached hydrogens (tertiary/aromatic N) is 3. The third-order valence-electron chi connectivity index (χ3n) is 6.50. The Morgan fingerprint density at radius 1 is 1.29 bits per heavy atom. The zero-order valence-electron chi connectivity index (χ0n) is 19.2. The van der Waals surface area contributed by atoms with Crippen LogP contribution < -0.4 is 15.0 Å². The summed E-state index contributed by atoms with van der Waals surface area (Å²) >= 11 is 0. The Hall–Kier alpha value is -3.65. The van der Waals surface area contributed by atoms with Crippen LogP contribution in [0.15, 0.2) is 54.4 Å². The number of pyridine rings is 1. The number of ether oxygens (including phenoxy) is 2. The monoisotopic (exact) mass is 460 g/mol. The van der Waals surface area contributed by atoms with Gasteiger partial charge in [0.15, 0.2) is 18.3 Å². The van der Waals surface area contributed by atoms with Crippen molar-refractivity contribution in [1.82, 2.24) is 15.2 Å². The molecule has 2 aromatic rings. The quantitative estimate of drug-likeness (QED) is 0.633. The number of nitrogens with one attached hydrogen (secondary N) is 1. The first kappa shape index (κ1) is 22.2. The van der Waals surface area contributed by atoms with E-state index >= 15 is 0 Å². The maximum atomic E-state index is 12.7. The molecule has 1 N–H and O–H groups in total. The second-order valence-corrected chi connectivity index (χ2v) is 8.64. The summed E-state index contributed by atoms with van der Waals surface area (Å²) in [5, 5.41) is 3.49. The van der Waals surface area contributed by atoms with Crippen molar-refractivity contribution in [3.05, 3.63) is 71.1 Å². The van der Waals surface area contributed by atoms with Gasteiger partial charge in [-0.05, 0) is 61.2 Å². The highest BCUT2D eigenvalue weighted by Gasteiger charge is 2.27. The molecule has 1 amide bonds. The number of likely N-dealkylation sites (tertiary alicyclic amines) is 1. The molecule has 0 bridgehead atoms. The zero-order valence-corrected chi connectivity index (χ0v) is 19.2. The predicted octanol–water partition coefficient (Wildman–Crippen LogP) is 3.57. The van der Waals surface area contributed by atoms with Gasteiger partial charge in [-0.2, -0.15) is 0 Å². The number of rotatable bonds is 7. The summed E-state index contributed by atoms with van der Waals surface area (Å²) in [4.78, 5) is 32.7. The molecule has 0 radical (unpaired) electrons. The number of aldehydes is 1. The van der Waals surface area contributed by atoms with Crippen LogP contribution in [0.25, 0.3) is 0 Å². The molecule has 5 rings (SSSR count). The zero-order chi connectivity index (χ0) is 23.5. The Kier molecular flexibility index (Phi) is 6.31. The van der Waals surface area contributed by atoms with Gasteiger partial charge in [0.05, 0.1) is 12.7 Å². The summed E-state index contributed by atoms with van der Waals surface area (Å²) in [6.45, 7) is 2.44. The fourth-order valence-electron chi connectivity index (χ4n) is 4.53. The van der Waals surface area contributed by atoms with Crippen molar-refractivity contribution in [1.29, 1.82) is 0 Å². The van der Waals surface area contributed by atoms with Crippen LogP contribution in [0.1, 0.15) is 45.5 Å². The number of benzene rings is 1. The van der Waals surface area contributed by atoms with Gasteiger partial charge in [-0.3, -0.25) is 14.5 Å². The van der Waals surface area contributed by atoms with Crippen molar-refractivity contribution in [3.8, 4) is 5.75 Å². The molecule has 176 valence electrons. The molecule has 1 saturated heterocycles. The molecule has 8 nitrogen and oxygen atoms in total. The fourth-order valence-corrected chi connectivity index (χ4v) is 4.53. The molecule has 3 heterocycles. The molecule has 1 fully saturated rings. The van der Waals surface area contributed by atoms with Crippen LogP contribution >= 0.6 is 0 Å². The highest BCUT2D eigenvalue weighted by molar-refractivity contribution is 5.95. The SMILES string of the molecule is COC1=CCC(NCc2cc(N3COc4cc(C(=O)N5CCCC5)cnc43)ccc2C=O)C=C1. The second-order valence-electron chi connectivity index (χ2n) is 8.64. The minimum absolute atomic E-state index is 0.00257. The molecular weight excluding hydrogens is 432 g/mol. The minimum Gasteiger partial charge on any atom is -0.497 e. The van der Waals surface area contributed by atoms with E-state index in [1.54, 1.807) is 19.4 Å². The van der Waals surface area contributed by atoms with Crippen molar-refractivity contribution >= 4 is 23.7 Å². The van der Waals surface area contributed by atoms with E-state index in [1.165, 1.54) is 0 Å². The summed E-state index contributed by atoms with van der Waals surface area (Å²) in [5.74, 6) is 2.13. The van der Waals surface area contributed by atoms with Gasteiger partial charge in [-0.25, -0.2) is 4.98 Å². The van der Waals surface area contributed by atoms with E-state index in [9.17, 15) is 9.59 Å². The average molecular weight is 461 g/mol. The number of hydrogen-bond donors (Lipinski definition) is 1. The maximum absolute atomic E-state index is 12.7. The van der Waals surface area contributed by atoms with Gasteiger partial charge in [0.25, 0.3) is 5.91 Å². The first-order chi connectivity index (χ1) is 16.7. The third-order valence-corrected chi connectivity index (χ3v) is 6.50. The van der Waals surface area contributed by atoms with Gasteiger partial charge in [0.1, 0.15) is 12.0 Å². The van der Waals surface area contributed by atoms with E-state index in [-0.39, 0.29) is 11.9 Å². The van der Waals surface area contributed by atoms with Crippen LogP contribution in [0.5, 0.6) is 5.75 Å². The number of methoxy groups -OCH3 is 1. The summed E-state index contributed by atoms with van der Waals surface area (Å²) in [6, 6.07) is 7.66. The molecule has 8 heteroatoms. The minimum atomic E-state index is 0.00257. The van der Waals surface area contributed by atoms with Crippen LogP contribution in [-0.2, 0) is 11.3 Å². The number of carbonyl (C=O) groups excluding carboxylic acids is 2.